The van der Waals surface area contributed by atoms with Gasteiger partial charge in [-0.25, -0.2) is 0 Å². The third-order valence-electron chi connectivity index (χ3n) is 2.89. The predicted octanol–water partition coefficient (Wildman–Crippen LogP) is -0.471. The second-order valence-corrected chi connectivity index (χ2v) is 4.37. The molecule has 4 N–H and O–H groups in total. The lowest BCUT2D eigenvalue weighted by atomic mass is 10.2. The van der Waals surface area contributed by atoms with Gasteiger partial charge in [0, 0.05) is 25.1 Å². The minimum Gasteiger partial charge on any atom is -0.483 e. The molecule has 1 aromatic rings. The first-order valence-electron chi connectivity index (χ1n) is 6.16. The highest BCUT2D eigenvalue weighted by molar-refractivity contribution is 5.82. The van der Waals surface area contributed by atoms with Crippen molar-refractivity contribution in [3.05, 3.63) is 29.8 Å². The van der Waals surface area contributed by atoms with Gasteiger partial charge in [0.15, 0.2) is 6.61 Å². The second-order valence-electron chi connectivity index (χ2n) is 4.37. The molecular weight excluding hydrogens is 246 g/mol. The number of amides is 2. The first-order valence-corrected chi connectivity index (χ1v) is 6.16. The summed E-state index contributed by atoms with van der Waals surface area (Å²) in [5.74, 6) is 0.328. The summed E-state index contributed by atoms with van der Waals surface area (Å²) in [7, 11) is 0. The molecule has 1 aliphatic heterocycles. The molecule has 1 aromatic carbocycles. The third kappa shape index (κ3) is 3.69. The molecule has 6 nitrogen and oxygen atoms in total. The minimum absolute atomic E-state index is 0.0419. The summed E-state index contributed by atoms with van der Waals surface area (Å²) >= 11 is 0. The molecular formula is C13H17N3O3. The molecule has 0 saturated carbocycles. The van der Waals surface area contributed by atoms with Gasteiger partial charge < -0.3 is 21.1 Å². The highest BCUT2D eigenvalue weighted by Crippen LogP contribution is 2.16. The Bertz CT molecular complexity index is 476. The molecule has 0 aliphatic carbocycles. The van der Waals surface area contributed by atoms with Crippen LogP contribution in [0.1, 0.15) is 12.0 Å². The van der Waals surface area contributed by atoms with Crippen LogP contribution in [0.4, 0.5) is 0 Å². The van der Waals surface area contributed by atoms with Gasteiger partial charge >= 0.3 is 0 Å². The van der Waals surface area contributed by atoms with E-state index in [1.165, 1.54) is 0 Å². The molecule has 102 valence electrons. The Kier molecular flexibility index (Phi) is 4.35. The molecule has 1 atom stereocenters. The van der Waals surface area contributed by atoms with Crippen molar-refractivity contribution in [1.82, 2.24) is 10.6 Å². The summed E-state index contributed by atoms with van der Waals surface area (Å²) in [4.78, 5) is 22.7. The Morgan fingerprint density at radius 1 is 1.47 bits per heavy atom. The number of carbonyl (C=O) groups excluding carboxylic acids is 2. The average molecular weight is 263 g/mol. The molecule has 0 spiro atoms. The zero-order valence-corrected chi connectivity index (χ0v) is 10.5. The summed E-state index contributed by atoms with van der Waals surface area (Å²) < 4.78 is 5.43. The third-order valence-corrected chi connectivity index (χ3v) is 2.89. The van der Waals surface area contributed by atoms with Crippen molar-refractivity contribution in [3.8, 4) is 5.75 Å². The van der Waals surface area contributed by atoms with Crippen LogP contribution >= 0.6 is 0 Å². The van der Waals surface area contributed by atoms with Crippen LogP contribution in [0, 0.1) is 0 Å². The summed E-state index contributed by atoms with van der Waals surface area (Å²) in [6, 6.07) is 7.17. The van der Waals surface area contributed by atoms with Crippen LogP contribution in [0.3, 0.4) is 0 Å². The molecule has 6 heteroatoms. The fourth-order valence-corrected chi connectivity index (χ4v) is 1.93. The van der Waals surface area contributed by atoms with Crippen molar-refractivity contribution in [2.24, 2.45) is 5.73 Å². The summed E-state index contributed by atoms with van der Waals surface area (Å²) in [6.07, 6.45) is 0.325. The van der Waals surface area contributed by atoms with Crippen LogP contribution in [-0.4, -0.2) is 31.0 Å². The van der Waals surface area contributed by atoms with Crippen molar-refractivity contribution in [3.63, 3.8) is 0 Å². The van der Waals surface area contributed by atoms with Gasteiger partial charge in [0.2, 0.25) is 5.91 Å². The van der Waals surface area contributed by atoms with Crippen LogP contribution < -0.4 is 21.1 Å². The lowest BCUT2D eigenvalue weighted by molar-refractivity contribution is -0.123. The largest absolute Gasteiger partial charge is 0.483 e. The molecule has 2 amide bonds. The smallest absolute Gasteiger partial charge is 0.258 e. The molecule has 1 fully saturated rings. The first kappa shape index (κ1) is 13.4. The Morgan fingerprint density at radius 3 is 2.95 bits per heavy atom. The first-order chi connectivity index (χ1) is 9.19. The molecule has 2 rings (SSSR count). The van der Waals surface area contributed by atoms with E-state index in [0.717, 1.165) is 5.56 Å². The predicted molar refractivity (Wildman–Crippen MR) is 69.4 cm³/mol. The van der Waals surface area contributed by atoms with Crippen molar-refractivity contribution in [2.75, 3.05) is 13.2 Å². The molecule has 1 aliphatic rings. The van der Waals surface area contributed by atoms with Gasteiger partial charge in [0.1, 0.15) is 5.75 Å². The Labute approximate surface area is 111 Å². The zero-order chi connectivity index (χ0) is 13.7. The number of rotatable bonds is 5. The van der Waals surface area contributed by atoms with Crippen molar-refractivity contribution >= 4 is 11.8 Å². The van der Waals surface area contributed by atoms with E-state index in [1.54, 1.807) is 6.07 Å². The number of carbonyl (C=O) groups is 2. The lowest BCUT2D eigenvalue weighted by Crippen LogP contribution is -2.39. The van der Waals surface area contributed by atoms with Gasteiger partial charge in [-0.1, -0.05) is 18.2 Å². The number of nitrogens with one attached hydrogen (secondary N) is 2. The highest BCUT2D eigenvalue weighted by atomic mass is 16.5. The SMILES string of the molecule is NCc1ccccc1OCC(=O)NC1CNC(=O)C1. The van der Waals surface area contributed by atoms with Gasteiger partial charge in [-0.2, -0.15) is 0 Å². The van der Waals surface area contributed by atoms with Gasteiger partial charge in [0.05, 0.1) is 6.04 Å². The summed E-state index contributed by atoms with van der Waals surface area (Å²) in [5.41, 5.74) is 6.43. The van der Waals surface area contributed by atoms with Gasteiger partial charge in [-0.05, 0) is 6.07 Å². The molecule has 0 bridgehead atoms. The Hall–Kier alpha value is -2.08. The maximum Gasteiger partial charge on any atom is 0.258 e. The molecule has 1 saturated heterocycles. The van der Waals surface area contributed by atoms with Crippen molar-refractivity contribution in [1.29, 1.82) is 0 Å². The van der Waals surface area contributed by atoms with Crippen LogP contribution in [0.5, 0.6) is 5.75 Å². The molecule has 0 aromatic heterocycles. The highest BCUT2D eigenvalue weighted by Gasteiger charge is 2.22. The zero-order valence-electron chi connectivity index (χ0n) is 10.5. The average Bonchev–Trinajstić information content (AvgIpc) is 2.82. The number of hydrogen-bond acceptors (Lipinski definition) is 4. The van der Waals surface area contributed by atoms with E-state index in [2.05, 4.69) is 10.6 Å². The summed E-state index contributed by atoms with van der Waals surface area (Å²) in [6.45, 7) is 0.754. The van der Waals surface area contributed by atoms with E-state index in [1.807, 2.05) is 18.2 Å². The van der Waals surface area contributed by atoms with Crippen molar-refractivity contribution in [2.45, 2.75) is 19.0 Å². The van der Waals surface area contributed by atoms with E-state index in [0.29, 0.717) is 25.3 Å². The lowest BCUT2D eigenvalue weighted by Gasteiger charge is -2.12. The van der Waals surface area contributed by atoms with Crippen molar-refractivity contribution < 1.29 is 14.3 Å². The quantitative estimate of drug-likeness (QED) is 0.669. The fraction of sp³-hybridized carbons (Fsp3) is 0.385. The number of benzene rings is 1. The fourth-order valence-electron chi connectivity index (χ4n) is 1.93. The minimum atomic E-state index is -0.242. The van der Waals surface area contributed by atoms with Gasteiger partial charge in [-0.3, -0.25) is 9.59 Å². The summed E-state index contributed by atoms with van der Waals surface area (Å²) in [5, 5.41) is 5.39. The van der Waals surface area contributed by atoms with E-state index in [-0.39, 0.29) is 24.5 Å². The van der Waals surface area contributed by atoms with Crippen LogP contribution in [0.25, 0.3) is 0 Å². The second kappa shape index (κ2) is 6.19. The van der Waals surface area contributed by atoms with E-state index >= 15 is 0 Å². The molecule has 0 radical (unpaired) electrons. The Balaban J connectivity index is 1.81. The Morgan fingerprint density at radius 2 is 2.26 bits per heavy atom. The van der Waals surface area contributed by atoms with Crippen LogP contribution in [0.15, 0.2) is 24.3 Å². The standard InChI is InChI=1S/C13H17N3O3/c14-6-9-3-1-2-4-11(9)19-8-13(18)16-10-5-12(17)15-7-10/h1-4,10H,5-8,14H2,(H,15,17)(H,16,18). The maximum absolute atomic E-state index is 11.7. The van der Waals surface area contributed by atoms with Crippen LogP contribution in [0.2, 0.25) is 0 Å². The van der Waals surface area contributed by atoms with E-state index < -0.39 is 0 Å². The number of hydrogen-bond donors (Lipinski definition) is 3. The number of nitrogens with two attached hydrogens (primary N) is 1. The molecule has 19 heavy (non-hydrogen) atoms. The van der Waals surface area contributed by atoms with E-state index in [9.17, 15) is 9.59 Å². The normalized spacial score (nSPS) is 17.9. The monoisotopic (exact) mass is 263 g/mol. The van der Waals surface area contributed by atoms with Gasteiger partial charge in [0.25, 0.3) is 5.91 Å². The van der Waals surface area contributed by atoms with Crippen LogP contribution in [-0.2, 0) is 16.1 Å². The number of para-hydroxylation sites is 1. The molecule has 1 unspecified atom stereocenters. The topological polar surface area (TPSA) is 93.4 Å². The molecule has 1 heterocycles. The van der Waals surface area contributed by atoms with E-state index in [4.69, 9.17) is 10.5 Å². The maximum atomic E-state index is 11.7. The number of ether oxygens (including phenoxy) is 1. The van der Waals surface area contributed by atoms with Gasteiger partial charge in [-0.15, -0.1) is 0 Å².